The first kappa shape index (κ1) is 9.09. The van der Waals surface area contributed by atoms with Crippen LogP contribution in [0.25, 0.3) is 0 Å². The summed E-state index contributed by atoms with van der Waals surface area (Å²) in [5.41, 5.74) is 12.6. The molecule has 0 aliphatic carbocycles. The van der Waals surface area contributed by atoms with Gasteiger partial charge in [-0.15, -0.1) is 0 Å². The Labute approximate surface area is 72.0 Å². The highest BCUT2D eigenvalue weighted by Crippen LogP contribution is 1.96. The lowest BCUT2D eigenvalue weighted by molar-refractivity contribution is 0.814. The van der Waals surface area contributed by atoms with Crippen LogP contribution in [0, 0.1) is 0 Å². The maximum atomic E-state index is 5.37. The summed E-state index contributed by atoms with van der Waals surface area (Å²) < 4.78 is 0. The average molecular weight is 166 g/mol. The van der Waals surface area contributed by atoms with E-state index in [2.05, 4.69) is 10.2 Å². The molecule has 0 radical (unpaired) electrons. The van der Waals surface area contributed by atoms with Crippen molar-refractivity contribution in [3.63, 3.8) is 0 Å². The molecular formula is C8H14N4. The van der Waals surface area contributed by atoms with Crippen molar-refractivity contribution in [3.05, 3.63) is 23.5 Å². The molecule has 0 saturated heterocycles. The van der Waals surface area contributed by atoms with E-state index in [4.69, 9.17) is 11.5 Å². The van der Waals surface area contributed by atoms with Gasteiger partial charge in [-0.05, 0) is 25.2 Å². The highest BCUT2D eigenvalue weighted by atomic mass is 15.1. The molecule has 0 spiro atoms. The van der Waals surface area contributed by atoms with Gasteiger partial charge in [0.05, 0.1) is 11.4 Å². The fourth-order valence-electron chi connectivity index (χ4n) is 0.950. The van der Waals surface area contributed by atoms with Gasteiger partial charge in [0.1, 0.15) is 0 Å². The molecule has 0 amide bonds. The van der Waals surface area contributed by atoms with Crippen molar-refractivity contribution in [2.75, 3.05) is 13.1 Å². The Morgan fingerprint density at radius 1 is 0.917 bits per heavy atom. The maximum Gasteiger partial charge on any atom is 0.0643 e. The van der Waals surface area contributed by atoms with Crippen molar-refractivity contribution >= 4 is 0 Å². The van der Waals surface area contributed by atoms with Crippen LogP contribution in [0.5, 0.6) is 0 Å². The van der Waals surface area contributed by atoms with Crippen molar-refractivity contribution < 1.29 is 0 Å². The summed E-state index contributed by atoms with van der Waals surface area (Å²) in [6.45, 7) is 1.23. The minimum atomic E-state index is 0.616. The van der Waals surface area contributed by atoms with E-state index in [0.29, 0.717) is 13.1 Å². The molecule has 1 aromatic heterocycles. The summed E-state index contributed by atoms with van der Waals surface area (Å²) >= 11 is 0. The molecule has 0 fully saturated rings. The van der Waals surface area contributed by atoms with Crippen LogP contribution < -0.4 is 11.5 Å². The number of nitrogens with two attached hydrogens (primary N) is 2. The van der Waals surface area contributed by atoms with Gasteiger partial charge in [0.15, 0.2) is 0 Å². The van der Waals surface area contributed by atoms with Crippen LogP contribution in [-0.2, 0) is 12.8 Å². The molecule has 0 unspecified atom stereocenters. The summed E-state index contributed by atoms with van der Waals surface area (Å²) in [6.07, 6.45) is 1.58. The number of nitrogens with zero attached hydrogens (tertiary/aromatic N) is 2. The molecule has 1 aromatic rings. The second-order valence-corrected chi connectivity index (χ2v) is 2.59. The molecule has 0 atom stereocenters. The molecule has 0 bridgehead atoms. The SMILES string of the molecule is NCCc1ccc(CCN)nn1. The molecule has 0 aliphatic rings. The van der Waals surface area contributed by atoms with Gasteiger partial charge in [-0.1, -0.05) is 0 Å². The Morgan fingerprint density at radius 3 is 1.58 bits per heavy atom. The molecule has 12 heavy (non-hydrogen) atoms. The fraction of sp³-hybridized carbons (Fsp3) is 0.500. The monoisotopic (exact) mass is 166 g/mol. The lowest BCUT2D eigenvalue weighted by Gasteiger charge is -1.98. The highest BCUT2D eigenvalue weighted by Gasteiger charge is 1.95. The zero-order valence-corrected chi connectivity index (χ0v) is 7.03. The normalized spacial score (nSPS) is 10.2. The summed E-state index contributed by atoms with van der Waals surface area (Å²) in [4.78, 5) is 0. The van der Waals surface area contributed by atoms with Crippen molar-refractivity contribution in [3.8, 4) is 0 Å². The Kier molecular flexibility index (Phi) is 3.63. The number of rotatable bonds is 4. The predicted molar refractivity (Wildman–Crippen MR) is 47.5 cm³/mol. The molecule has 0 aliphatic heterocycles. The van der Waals surface area contributed by atoms with Gasteiger partial charge in [-0.25, -0.2) is 0 Å². The van der Waals surface area contributed by atoms with Gasteiger partial charge in [0.2, 0.25) is 0 Å². The molecular weight excluding hydrogens is 152 g/mol. The molecule has 1 rings (SSSR count). The lowest BCUT2D eigenvalue weighted by atomic mass is 10.2. The fourth-order valence-corrected chi connectivity index (χ4v) is 0.950. The van der Waals surface area contributed by atoms with Gasteiger partial charge in [0.25, 0.3) is 0 Å². The number of hydrogen-bond acceptors (Lipinski definition) is 4. The molecule has 4 heteroatoms. The largest absolute Gasteiger partial charge is 0.330 e. The molecule has 4 N–H and O–H groups in total. The predicted octanol–water partition coefficient (Wildman–Crippen LogP) is -0.521. The molecule has 0 saturated carbocycles. The standard InChI is InChI=1S/C8H14N4/c9-5-3-7-1-2-8(4-6-10)12-11-7/h1-2H,3-6,9-10H2. The molecule has 66 valence electrons. The van der Waals surface area contributed by atoms with Crippen molar-refractivity contribution in [2.45, 2.75) is 12.8 Å². The van der Waals surface area contributed by atoms with Crippen LogP contribution in [0.15, 0.2) is 12.1 Å². The topological polar surface area (TPSA) is 77.8 Å². The summed E-state index contributed by atoms with van der Waals surface area (Å²) in [7, 11) is 0. The third-order valence-corrected chi connectivity index (χ3v) is 1.58. The van der Waals surface area contributed by atoms with Crippen LogP contribution in [0.1, 0.15) is 11.4 Å². The Morgan fingerprint density at radius 2 is 1.33 bits per heavy atom. The van der Waals surface area contributed by atoms with E-state index in [1.54, 1.807) is 0 Å². The van der Waals surface area contributed by atoms with Crippen LogP contribution in [0.2, 0.25) is 0 Å². The zero-order chi connectivity index (χ0) is 8.81. The third kappa shape index (κ3) is 2.56. The highest BCUT2D eigenvalue weighted by molar-refractivity contribution is 5.07. The summed E-state index contributed by atoms with van der Waals surface area (Å²) in [6, 6.07) is 3.90. The van der Waals surface area contributed by atoms with E-state index in [0.717, 1.165) is 24.2 Å². The van der Waals surface area contributed by atoms with Crippen LogP contribution in [0.3, 0.4) is 0 Å². The Balaban J connectivity index is 2.58. The van der Waals surface area contributed by atoms with E-state index < -0.39 is 0 Å². The van der Waals surface area contributed by atoms with E-state index in [1.807, 2.05) is 12.1 Å². The van der Waals surface area contributed by atoms with E-state index in [9.17, 15) is 0 Å². The number of aromatic nitrogens is 2. The summed E-state index contributed by atoms with van der Waals surface area (Å²) in [5.74, 6) is 0. The van der Waals surface area contributed by atoms with E-state index in [1.165, 1.54) is 0 Å². The first-order valence-electron chi connectivity index (χ1n) is 4.08. The molecule has 0 aromatic carbocycles. The lowest BCUT2D eigenvalue weighted by Crippen LogP contribution is -2.08. The zero-order valence-electron chi connectivity index (χ0n) is 7.03. The van der Waals surface area contributed by atoms with Gasteiger partial charge in [-0.2, -0.15) is 10.2 Å². The summed E-state index contributed by atoms with van der Waals surface area (Å²) in [5, 5.41) is 8.00. The third-order valence-electron chi connectivity index (χ3n) is 1.58. The first-order chi connectivity index (χ1) is 5.86. The van der Waals surface area contributed by atoms with Gasteiger partial charge < -0.3 is 11.5 Å². The van der Waals surface area contributed by atoms with Crippen molar-refractivity contribution in [2.24, 2.45) is 11.5 Å². The smallest absolute Gasteiger partial charge is 0.0643 e. The minimum absolute atomic E-state index is 0.616. The molecule has 1 heterocycles. The molecule has 4 nitrogen and oxygen atoms in total. The first-order valence-corrected chi connectivity index (χ1v) is 4.08. The van der Waals surface area contributed by atoms with Gasteiger partial charge in [-0.3, -0.25) is 0 Å². The Bertz CT molecular complexity index is 194. The minimum Gasteiger partial charge on any atom is -0.330 e. The quantitative estimate of drug-likeness (QED) is 0.631. The van der Waals surface area contributed by atoms with Crippen LogP contribution >= 0.6 is 0 Å². The average Bonchev–Trinajstić information content (AvgIpc) is 2.09. The van der Waals surface area contributed by atoms with Crippen LogP contribution in [0.4, 0.5) is 0 Å². The van der Waals surface area contributed by atoms with Gasteiger partial charge >= 0.3 is 0 Å². The van der Waals surface area contributed by atoms with E-state index in [-0.39, 0.29) is 0 Å². The van der Waals surface area contributed by atoms with Crippen molar-refractivity contribution in [1.82, 2.24) is 10.2 Å². The van der Waals surface area contributed by atoms with Crippen LogP contribution in [-0.4, -0.2) is 23.3 Å². The maximum absolute atomic E-state index is 5.37. The van der Waals surface area contributed by atoms with Crippen molar-refractivity contribution in [1.29, 1.82) is 0 Å². The second kappa shape index (κ2) is 4.79. The number of hydrogen-bond donors (Lipinski definition) is 2. The van der Waals surface area contributed by atoms with Gasteiger partial charge in [0, 0.05) is 12.8 Å². The second-order valence-electron chi connectivity index (χ2n) is 2.59. The van der Waals surface area contributed by atoms with E-state index >= 15 is 0 Å². The Hall–Kier alpha value is -1.00.